The van der Waals surface area contributed by atoms with Crippen molar-refractivity contribution in [3.8, 4) is 0 Å². The molecule has 0 spiro atoms. The molecule has 2 aliphatic rings. The Labute approximate surface area is 141 Å². The van der Waals surface area contributed by atoms with Gasteiger partial charge >= 0.3 is 0 Å². The van der Waals surface area contributed by atoms with E-state index in [-0.39, 0.29) is 30.4 Å². The number of anilines is 1. The van der Waals surface area contributed by atoms with E-state index in [2.05, 4.69) is 23.1 Å². The number of nitrogens with zero attached hydrogens (tertiary/aromatic N) is 1. The SMILES string of the molecule is Cl.Cl.Nc1cccc(C2(N3CCCCC3)CCCCC2)c1. The zero-order valence-electron chi connectivity index (χ0n) is 12.7. The Bertz CT molecular complexity index is 425. The van der Waals surface area contributed by atoms with Gasteiger partial charge in [0.25, 0.3) is 0 Å². The van der Waals surface area contributed by atoms with Crippen LogP contribution >= 0.6 is 24.8 Å². The highest BCUT2D eigenvalue weighted by molar-refractivity contribution is 5.85. The third-order valence-electron chi connectivity index (χ3n) is 5.07. The summed E-state index contributed by atoms with van der Waals surface area (Å²) in [6.45, 7) is 2.55. The van der Waals surface area contributed by atoms with Crippen LogP contribution in [0.3, 0.4) is 0 Å². The maximum absolute atomic E-state index is 6.04. The molecule has 0 aromatic heterocycles. The predicted octanol–water partition coefficient (Wildman–Crippen LogP) is 4.76. The first-order valence-corrected chi connectivity index (χ1v) is 7.92. The number of nitrogens with two attached hydrogens (primary N) is 1. The van der Waals surface area contributed by atoms with Gasteiger partial charge in [-0.15, -0.1) is 24.8 Å². The second-order valence-corrected chi connectivity index (χ2v) is 6.27. The van der Waals surface area contributed by atoms with Crippen molar-refractivity contribution >= 4 is 30.5 Å². The molecular weight excluding hydrogens is 303 g/mol. The van der Waals surface area contributed by atoms with Gasteiger partial charge in [0.15, 0.2) is 0 Å². The molecule has 120 valence electrons. The third-order valence-corrected chi connectivity index (χ3v) is 5.07. The number of likely N-dealkylation sites (tertiary alicyclic amines) is 1. The van der Waals surface area contributed by atoms with Crippen LogP contribution in [0.2, 0.25) is 0 Å². The van der Waals surface area contributed by atoms with Crippen molar-refractivity contribution < 1.29 is 0 Å². The number of nitrogen functional groups attached to an aromatic ring is 1. The minimum absolute atomic E-state index is 0. The maximum atomic E-state index is 6.04. The van der Waals surface area contributed by atoms with E-state index in [9.17, 15) is 0 Å². The molecule has 0 amide bonds. The lowest BCUT2D eigenvalue weighted by atomic mass is 9.74. The lowest BCUT2D eigenvalue weighted by Crippen LogP contribution is -2.49. The minimum Gasteiger partial charge on any atom is -0.399 e. The largest absolute Gasteiger partial charge is 0.399 e. The molecule has 3 rings (SSSR count). The van der Waals surface area contributed by atoms with Gasteiger partial charge in [0.05, 0.1) is 0 Å². The summed E-state index contributed by atoms with van der Waals surface area (Å²) in [5.41, 5.74) is 8.70. The van der Waals surface area contributed by atoms with Gasteiger partial charge in [-0.25, -0.2) is 0 Å². The van der Waals surface area contributed by atoms with Crippen LogP contribution in [0.15, 0.2) is 24.3 Å². The third kappa shape index (κ3) is 3.85. The molecule has 2 nitrogen and oxygen atoms in total. The van der Waals surface area contributed by atoms with Crippen LogP contribution in [0.5, 0.6) is 0 Å². The van der Waals surface area contributed by atoms with Gasteiger partial charge in [0.1, 0.15) is 0 Å². The van der Waals surface area contributed by atoms with Gasteiger partial charge in [-0.05, 0) is 56.5 Å². The van der Waals surface area contributed by atoms with E-state index in [0.29, 0.717) is 0 Å². The predicted molar refractivity (Wildman–Crippen MR) is 95.5 cm³/mol. The second kappa shape index (κ2) is 8.26. The van der Waals surface area contributed by atoms with Crippen LogP contribution in [-0.4, -0.2) is 18.0 Å². The Hall–Kier alpha value is -0.440. The van der Waals surface area contributed by atoms with Crippen molar-refractivity contribution in [2.45, 2.75) is 56.9 Å². The van der Waals surface area contributed by atoms with Crippen molar-refractivity contribution in [1.29, 1.82) is 0 Å². The fourth-order valence-electron chi connectivity index (χ4n) is 4.07. The Balaban J connectivity index is 0.00000110. The Kier molecular flexibility index (Phi) is 7.32. The molecule has 1 aromatic rings. The smallest absolute Gasteiger partial charge is 0.0461 e. The highest BCUT2D eigenvalue weighted by atomic mass is 35.5. The van der Waals surface area contributed by atoms with Crippen molar-refractivity contribution in [3.63, 3.8) is 0 Å². The number of piperidine rings is 1. The number of rotatable bonds is 2. The fraction of sp³-hybridized carbons (Fsp3) is 0.647. The first-order valence-electron chi connectivity index (χ1n) is 7.92. The molecule has 21 heavy (non-hydrogen) atoms. The molecule has 4 heteroatoms. The van der Waals surface area contributed by atoms with E-state index in [4.69, 9.17) is 5.73 Å². The van der Waals surface area contributed by atoms with Gasteiger partial charge in [-0.3, -0.25) is 4.90 Å². The van der Waals surface area contributed by atoms with Crippen LogP contribution in [0.1, 0.15) is 56.9 Å². The first kappa shape index (κ1) is 18.6. The first-order chi connectivity index (χ1) is 9.31. The van der Waals surface area contributed by atoms with Crippen molar-refractivity contribution in [1.82, 2.24) is 4.90 Å². The molecule has 0 bridgehead atoms. The molecule has 1 aliphatic heterocycles. The van der Waals surface area contributed by atoms with E-state index < -0.39 is 0 Å². The molecule has 1 aromatic carbocycles. The maximum Gasteiger partial charge on any atom is 0.0461 e. The molecule has 1 aliphatic carbocycles. The Morgan fingerprint density at radius 3 is 2.10 bits per heavy atom. The number of benzene rings is 1. The summed E-state index contributed by atoms with van der Waals surface area (Å²) in [5.74, 6) is 0. The number of hydrogen-bond acceptors (Lipinski definition) is 2. The zero-order valence-corrected chi connectivity index (χ0v) is 14.4. The Morgan fingerprint density at radius 2 is 1.48 bits per heavy atom. The molecule has 2 fully saturated rings. The monoisotopic (exact) mass is 330 g/mol. The zero-order chi connectivity index (χ0) is 13.1. The Morgan fingerprint density at radius 1 is 0.857 bits per heavy atom. The normalized spacial score (nSPS) is 21.9. The van der Waals surface area contributed by atoms with Gasteiger partial charge in [-0.2, -0.15) is 0 Å². The lowest BCUT2D eigenvalue weighted by molar-refractivity contribution is 0.0304. The van der Waals surface area contributed by atoms with E-state index in [1.54, 1.807) is 0 Å². The van der Waals surface area contributed by atoms with Gasteiger partial charge < -0.3 is 5.73 Å². The number of halogens is 2. The van der Waals surface area contributed by atoms with Crippen LogP contribution in [0.25, 0.3) is 0 Å². The van der Waals surface area contributed by atoms with Crippen LogP contribution in [-0.2, 0) is 5.54 Å². The molecule has 2 N–H and O–H groups in total. The van der Waals surface area contributed by atoms with Crippen molar-refractivity contribution in [3.05, 3.63) is 29.8 Å². The lowest BCUT2D eigenvalue weighted by Gasteiger charge is -2.48. The van der Waals surface area contributed by atoms with Crippen molar-refractivity contribution in [2.75, 3.05) is 18.8 Å². The van der Waals surface area contributed by atoms with Crippen LogP contribution < -0.4 is 5.73 Å². The van der Waals surface area contributed by atoms with Crippen molar-refractivity contribution in [2.24, 2.45) is 0 Å². The van der Waals surface area contributed by atoms with E-state index in [1.165, 1.54) is 70.0 Å². The molecule has 1 saturated heterocycles. The topological polar surface area (TPSA) is 29.3 Å². The van der Waals surface area contributed by atoms with Crippen LogP contribution in [0.4, 0.5) is 5.69 Å². The van der Waals surface area contributed by atoms with E-state index >= 15 is 0 Å². The van der Waals surface area contributed by atoms with Crippen LogP contribution in [0, 0.1) is 0 Å². The van der Waals surface area contributed by atoms with E-state index in [1.807, 2.05) is 6.07 Å². The summed E-state index contributed by atoms with van der Waals surface area (Å²) in [6, 6.07) is 8.66. The number of hydrogen-bond donors (Lipinski definition) is 1. The summed E-state index contributed by atoms with van der Waals surface area (Å²) in [7, 11) is 0. The molecule has 0 atom stereocenters. The highest BCUT2D eigenvalue weighted by Gasteiger charge is 2.39. The van der Waals surface area contributed by atoms with E-state index in [0.717, 1.165) is 5.69 Å². The minimum atomic E-state index is 0. The quantitative estimate of drug-likeness (QED) is 0.792. The molecule has 0 radical (unpaired) electrons. The summed E-state index contributed by atoms with van der Waals surface area (Å²) in [4.78, 5) is 2.77. The summed E-state index contributed by atoms with van der Waals surface area (Å²) >= 11 is 0. The fourth-order valence-corrected chi connectivity index (χ4v) is 4.07. The molecule has 0 unspecified atom stereocenters. The second-order valence-electron chi connectivity index (χ2n) is 6.27. The summed E-state index contributed by atoms with van der Waals surface area (Å²) in [6.07, 6.45) is 10.9. The molecule has 1 heterocycles. The standard InChI is InChI=1S/C17H26N2.2ClH/c18-16-9-7-8-15(14-16)17(10-3-1-4-11-17)19-12-5-2-6-13-19;;/h7-9,14H,1-6,10-13,18H2;2*1H. The molecule has 1 saturated carbocycles. The highest BCUT2D eigenvalue weighted by Crippen LogP contribution is 2.43. The van der Waals surface area contributed by atoms with Gasteiger partial charge in [0.2, 0.25) is 0 Å². The average molecular weight is 331 g/mol. The summed E-state index contributed by atoms with van der Waals surface area (Å²) < 4.78 is 0. The molecular formula is C17H28Cl2N2. The van der Waals surface area contributed by atoms with Gasteiger partial charge in [-0.1, -0.05) is 37.8 Å². The summed E-state index contributed by atoms with van der Waals surface area (Å²) in [5, 5.41) is 0. The average Bonchev–Trinajstić information content (AvgIpc) is 2.49. The van der Waals surface area contributed by atoms with Gasteiger partial charge in [0, 0.05) is 11.2 Å².